The van der Waals surface area contributed by atoms with E-state index in [-0.39, 0.29) is 17.3 Å². The Labute approximate surface area is 74.3 Å². The second-order valence-corrected chi connectivity index (χ2v) is 2.74. The lowest BCUT2D eigenvalue weighted by Gasteiger charge is -2.02. The Morgan fingerprint density at radius 1 is 1.15 bits per heavy atom. The van der Waals surface area contributed by atoms with Crippen molar-refractivity contribution in [2.24, 2.45) is 0 Å². The molecule has 0 bridgehead atoms. The SMILES string of the molecule is Nc1cc(O)c2cccc(O)c2n1. The van der Waals surface area contributed by atoms with Gasteiger partial charge in [-0.3, -0.25) is 0 Å². The maximum Gasteiger partial charge on any atom is 0.142 e. The number of hydrogen-bond donors (Lipinski definition) is 3. The van der Waals surface area contributed by atoms with Crippen LogP contribution in [0, 0.1) is 0 Å². The van der Waals surface area contributed by atoms with Gasteiger partial charge in [-0.2, -0.15) is 0 Å². The van der Waals surface area contributed by atoms with E-state index in [2.05, 4.69) is 4.98 Å². The predicted octanol–water partition coefficient (Wildman–Crippen LogP) is 1.23. The number of phenols is 1. The van der Waals surface area contributed by atoms with Crippen LogP contribution in [0.1, 0.15) is 0 Å². The van der Waals surface area contributed by atoms with Gasteiger partial charge in [-0.25, -0.2) is 4.98 Å². The molecule has 1 aromatic heterocycles. The number of para-hydroxylation sites is 1. The van der Waals surface area contributed by atoms with Crippen LogP contribution in [-0.2, 0) is 0 Å². The van der Waals surface area contributed by atoms with Crippen LogP contribution in [0.5, 0.6) is 11.5 Å². The van der Waals surface area contributed by atoms with E-state index >= 15 is 0 Å². The first-order chi connectivity index (χ1) is 6.18. The third kappa shape index (κ3) is 1.12. The molecule has 4 N–H and O–H groups in total. The summed E-state index contributed by atoms with van der Waals surface area (Å²) in [5.74, 6) is 0.227. The summed E-state index contributed by atoms with van der Waals surface area (Å²) < 4.78 is 0. The minimum absolute atomic E-state index is 0.0140. The summed E-state index contributed by atoms with van der Waals surface area (Å²) in [6.45, 7) is 0. The Bertz CT molecular complexity index is 468. The molecule has 0 aliphatic heterocycles. The van der Waals surface area contributed by atoms with Crippen LogP contribution < -0.4 is 5.73 Å². The molecule has 0 saturated carbocycles. The minimum atomic E-state index is 0.0140. The molecule has 0 fully saturated rings. The number of nitrogen functional groups attached to an aromatic ring is 1. The number of pyridine rings is 1. The third-order valence-corrected chi connectivity index (χ3v) is 1.82. The Balaban J connectivity index is 2.94. The highest BCUT2D eigenvalue weighted by molar-refractivity contribution is 5.90. The number of phenolic OH excluding ortho intramolecular Hbond substituents is 1. The van der Waals surface area contributed by atoms with Crippen molar-refractivity contribution in [1.82, 2.24) is 4.98 Å². The topological polar surface area (TPSA) is 79.4 Å². The molecular weight excluding hydrogens is 168 g/mol. The van der Waals surface area contributed by atoms with Gasteiger partial charge in [0.2, 0.25) is 0 Å². The van der Waals surface area contributed by atoms with Crippen molar-refractivity contribution in [1.29, 1.82) is 0 Å². The van der Waals surface area contributed by atoms with Crippen molar-refractivity contribution in [3.8, 4) is 11.5 Å². The number of nitrogens with zero attached hydrogens (tertiary/aromatic N) is 1. The van der Waals surface area contributed by atoms with Gasteiger partial charge in [0.05, 0.1) is 0 Å². The zero-order valence-electron chi connectivity index (χ0n) is 6.73. The van der Waals surface area contributed by atoms with E-state index < -0.39 is 0 Å². The number of anilines is 1. The molecule has 0 saturated heterocycles. The second kappa shape index (κ2) is 2.52. The third-order valence-electron chi connectivity index (χ3n) is 1.82. The highest BCUT2D eigenvalue weighted by Crippen LogP contribution is 2.30. The van der Waals surface area contributed by atoms with E-state index in [0.29, 0.717) is 10.9 Å². The Morgan fingerprint density at radius 2 is 1.92 bits per heavy atom. The highest BCUT2D eigenvalue weighted by Gasteiger charge is 2.05. The Morgan fingerprint density at radius 3 is 2.69 bits per heavy atom. The fourth-order valence-electron chi connectivity index (χ4n) is 1.23. The first-order valence-electron chi connectivity index (χ1n) is 3.75. The number of rotatable bonds is 0. The molecule has 1 aromatic carbocycles. The maximum atomic E-state index is 9.45. The van der Waals surface area contributed by atoms with Gasteiger partial charge in [0.25, 0.3) is 0 Å². The molecule has 0 aliphatic rings. The molecule has 4 heteroatoms. The van der Waals surface area contributed by atoms with Crippen LogP contribution in [0.25, 0.3) is 10.9 Å². The predicted molar refractivity (Wildman–Crippen MR) is 49.5 cm³/mol. The van der Waals surface area contributed by atoms with Crippen LogP contribution >= 0.6 is 0 Å². The summed E-state index contributed by atoms with van der Waals surface area (Å²) in [7, 11) is 0. The van der Waals surface area contributed by atoms with Crippen LogP contribution in [0.2, 0.25) is 0 Å². The average molecular weight is 176 g/mol. The molecule has 2 rings (SSSR count). The molecule has 13 heavy (non-hydrogen) atoms. The van der Waals surface area contributed by atoms with E-state index in [1.807, 2.05) is 0 Å². The quantitative estimate of drug-likeness (QED) is 0.564. The molecule has 0 unspecified atom stereocenters. The lowest BCUT2D eigenvalue weighted by molar-refractivity contribution is 0.474. The molecule has 2 aromatic rings. The van der Waals surface area contributed by atoms with Gasteiger partial charge in [0.15, 0.2) is 0 Å². The average Bonchev–Trinajstić information content (AvgIpc) is 2.07. The van der Waals surface area contributed by atoms with Crippen molar-refractivity contribution < 1.29 is 10.2 Å². The lowest BCUT2D eigenvalue weighted by Crippen LogP contribution is -1.90. The minimum Gasteiger partial charge on any atom is -0.507 e. The van der Waals surface area contributed by atoms with Crippen LogP contribution in [-0.4, -0.2) is 15.2 Å². The van der Waals surface area contributed by atoms with Crippen molar-refractivity contribution in [2.45, 2.75) is 0 Å². The van der Waals surface area contributed by atoms with E-state index in [1.165, 1.54) is 12.1 Å². The Hall–Kier alpha value is -1.97. The molecule has 4 nitrogen and oxygen atoms in total. The number of benzene rings is 1. The fourth-order valence-corrected chi connectivity index (χ4v) is 1.23. The molecular formula is C9H8N2O2. The van der Waals surface area contributed by atoms with Crippen LogP contribution in [0.15, 0.2) is 24.3 Å². The van der Waals surface area contributed by atoms with E-state index in [9.17, 15) is 10.2 Å². The van der Waals surface area contributed by atoms with Crippen molar-refractivity contribution in [3.05, 3.63) is 24.3 Å². The number of hydrogen-bond acceptors (Lipinski definition) is 4. The number of nitrogens with two attached hydrogens (primary N) is 1. The number of aromatic nitrogens is 1. The largest absolute Gasteiger partial charge is 0.507 e. The fraction of sp³-hybridized carbons (Fsp3) is 0. The number of aromatic hydroxyl groups is 2. The zero-order valence-corrected chi connectivity index (χ0v) is 6.73. The summed E-state index contributed by atoms with van der Waals surface area (Å²) in [6, 6.07) is 6.14. The summed E-state index contributed by atoms with van der Waals surface area (Å²) >= 11 is 0. The summed E-state index contributed by atoms with van der Waals surface area (Å²) in [4.78, 5) is 3.90. The van der Waals surface area contributed by atoms with Gasteiger partial charge in [-0.15, -0.1) is 0 Å². The van der Waals surface area contributed by atoms with Crippen molar-refractivity contribution >= 4 is 16.7 Å². The summed E-state index contributed by atoms with van der Waals surface area (Å²) in [6.07, 6.45) is 0. The second-order valence-electron chi connectivity index (χ2n) is 2.74. The van der Waals surface area contributed by atoms with Crippen molar-refractivity contribution in [3.63, 3.8) is 0 Å². The van der Waals surface area contributed by atoms with Gasteiger partial charge in [-0.05, 0) is 12.1 Å². The molecule has 1 heterocycles. The molecule has 0 aliphatic carbocycles. The van der Waals surface area contributed by atoms with Gasteiger partial charge >= 0.3 is 0 Å². The standard InChI is InChI=1S/C9H8N2O2/c10-8-4-7(13)5-2-1-3-6(12)9(5)11-8/h1-4,12H,(H3,10,11,13). The summed E-state index contributed by atoms with van der Waals surface area (Å²) in [5, 5.41) is 19.3. The van der Waals surface area contributed by atoms with E-state index in [0.717, 1.165) is 0 Å². The maximum absolute atomic E-state index is 9.45. The smallest absolute Gasteiger partial charge is 0.142 e. The Kier molecular flexibility index (Phi) is 1.48. The molecule has 0 atom stereocenters. The molecule has 66 valence electrons. The van der Waals surface area contributed by atoms with Gasteiger partial charge in [0.1, 0.15) is 22.8 Å². The lowest BCUT2D eigenvalue weighted by atomic mass is 10.2. The van der Waals surface area contributed by atoms with E-state index in [4.69, 9.17) is 5.73 Å². The molecule has 0 amide bonds. The van der Waals surface area contributed by atoms with Crippen LogP contribution in [0.3, 0.4) is 0 Å². The summed E-state index contributed by atoms with van der Waals surface area (Å²) in [5.41, 5.74) is 5.73. The van der Waals surface area contributed by atoms with Gasteiger partial charge in [0, 0.05) is 11.5 Å². The number of fused-ring (bicyclic) bond motifs is 1. The zero-order chi connectivity index (χ0) is 9.42. The first kappa shape index (κ1) is 7.67. The highest BCUT2D eigenvalue weighted by atomic mass is 16.3. The van der Waals surface area contributed by atoms with E-state index in [1.54, 1.807) is 12.1 Å². The van der Waals surface area contributed by atoms with Crippen LogP contribution in [0.4, 0.5) is 5.82 Å². The van der Waals surface area contributed by atoms with Crippen molar-refractivity contribution in [2.75, 3.05) is 5.73 Å². The first-order valence-corrected chi connectivity index (χ1v) is 3.75. The van der Waals surface area contributed by atoms with Gasteiger partial charge < -0.3 is 15.9 Å². The van der Waals surface area contributed by atoms with Gasteiger partial charge in [-0.1, -0.05) is 6.07 Å². The molecule has 0 radical (unpaired) electrons. The molecule has 0 spiro atoms. The normalized spacial score (nSPS) is 10.5. The monoisotopic (exact) mass is 176 g/mol.